The zero-order valence-electron chi connectivity index (χ0n) is 11.3. The van der Waals surface area contributed by atoms with Crippen LogP contribution in [0.3, 0.4) is 0 Å². The van der Waals surface area contributed by atoms with Crippen molar-refractivity contribution in [1.29, 1.82) is 0 Å². The Morgan fingerprint density at radius 1 is 1.33 bits per heavy atom. The fourth-order valence-electron chi connectivity index (χ4n) is 2.30. The van der Waals surface area contributed by atoms with Crippen molar-refractivity contribution in [3.63, 3.8) is 0 Å². The Morgan fingerprint density at radius 3 is 2.72 bits per heavy atom. The van der Waals surface area contributed by atoms with E-state index in [9.17, 15) is 5.11 Å². The Bertz CT molecular complexity index is 519. The first kappa shape index (κ1) is 12.9. The SMILES string of the molecule is CC(C)CN(C)c1nc2ccccc2n1CCO. The van der Waals surface area contributed by atoms with Crippen LogP contribution in [0.15, 0.2) is 24.3 Å². The number of para-hydroxylation sites is 2. The predicted octanol–water partition coefficient (Wildman–Crippen LogP) is 2.12. The van der Waals surface area contributed by atoms with Crippen molar-refractivity contribution < 1.29 is 5.11 Å². The highest BCUT2D eigenvalue weighted by atomic mass is 16.3. The summed E-state index contributed by atoms with van der Waals surface area (Å²) in [6.45, 7) is 6.04. The van der Waals surface area contributed by atoms with Crippen molar-refractivity contribution in [3.8, 4) is 0 Å². The van der Waals surface area contributed by atoms with E-state index < -0.39 is 0 Å². The van der Waals surface area contributed by atoms with Crippen LogP contribution in [0.2, 0.25) is 0 Å². The number of hydrogen-bond acceptors (Lipinski definition) is 3. The minimum absolute atomic E-state index is 0.128. The third-order valence-corrected chi connectivity index (χ3v) is 2.94. The van der Waals surface area contributed by atoms with Gasteiger partial charge in [0, 0.05) is 20.1 Å². The largest absolute Gasteiger partial charge is 0.395 e. The average molecular weight is 247 g/mol. The van der Waals surface area contributed by atoms with Crippen molar-refractivity contribution in [2.45, 2.75) is 20.4 Å². The van der Waals surface area contributed by atoms with Gasteiger partial charge in [-0.25, -0.2) is 4.98 Å². The van der Waals surface area contributed by atoms with E-state index in [1.54, 1.807) is 0 Å². The molecule has 0 bridgehead atoms. The zero-order chi connectivity index (χ0) is 13.1. The summed E-state index contributed by atoms with van der Waals surface area (Å²) >= 11 is 0. The maximum atomic E-state index is 9.22. The summed E-state index contributed by atoms with van der Waals surface area (Å²) in [5.41, 5.74) is 2.06. The summed E-state index contributed by atoms with van der Waals surface area (Å²) in [6.07, 6.45) is 0. The monoisotopic (exact) mass is 247 g/mol. The van der Waals surface area contributed by atoms with Gasteiger partial charge in [-0.3, -0.25) is 0 Å². The number of imidazole rings is 1. The van der Waals surface area contributed by atoms with E-state index in [-0.39, 0.29) is 6.61 Å². The van der Waals surface area contributed by atoms with Crippen LogP contribution in [0.4, 0.5) is 5.95 Å². The molecule has 0 aliphatic heterocycles. The van der Waals surface area contributed by atoms with E-state index in [4.69, 9.17) is 0 Å². The van der Waals surface area contributed by atoms with Gasteiger partial charge < -0.3 is 14.6 Å². The molecule has 4 nitrogen and oxygen atoms in total. The van der Waals surface area contributed by atoms with Gasteiger partial charge in [-0.1, -0.05) is 26.0 Å². The molecule has 4 heteroatoms. The van der Waals surface area contributed by atoms with Crippen molar-refractivity contribution in [2.75, 3.05) is 25.1 Å². The fourth-order valence-corrected chi connectivity index (χ4v) is 2.30. The van der Waals surface area contributed by atoms with Gasteiger partial charge in [0.1, 0.15) is 0 Å². The van der Waals surface area contributed by atoms with E-state index in [0.717, 1.165) is 23.5 Å². The standard InChI is InChI=1S/C14H21N3O/c1-11(2)10-16(3)14-15-12-6-4-5-7-13(12)17(14)8-9-18/h4-7,11,18H,8-10H2,1-3H3. The summed E-state index contributed by atoms with van der Waals surface area (Å²) in [6, 6.07) is 8.05. The van der Waals surface area contributed by atoms with Gasteiger partial charge in [0.05, 0.1) is 17.6 Å². The average Bonchev–Trinajstić information content (AvgIpc) is 2.68. The summed E-state index contributed by atoms with van der Waals surface area (Å²) in [7, 11) is 2.05. The molecule has 0 radical (unpaired) electrons. The number of fused-ring (bicyclic) bond motifs is 1. The van der Waals surface area contributed by atoms with Crippen LogP contribution < -0.4 is 4.90 Å². The minimum atomic E-state index is 0.128. The van der Waals surface area contributed by atoms with Crippen LogP contribution >= 0.6 is 0 Å². The van der Waals surface area contributed by atoms with Crippen LogP contribution in [-0.2, 0) is 6.54 Å². The van der Waals surface area contributed by atoms with Gasteiger partial charge in [-0.2, -0.15) is 0 Å². The number of aliphatic hydroxyl groups is 1. The van der Waals surface area contributed by atoms with E-state index in [1.165, 1.54) is 0 Å². The van der Waals surface area contributed by atoms with Crippen LogP contribution in [0.1, 0.15) is 13.8 Å². The number of aliphatic hydroxyl groups excluding tert-OH is 1. The molecule has 0 atom stereocenters. The molecule has 0 fully saturated rings. The Labute approximate surface area is 108 Å². The first-order valence-electron chi connectivity index (χ1n) is 6.40. The van der Waals surface area contributed by atoms with E-state index in [2.05, 4.69) is 35.3 Å². The van der Waals surface area contributed by atoms with Crippen molar-refractivity contribution in [2.24, 2.45) is 5.92 Å². The lowest BCUT2D eigenvalue weighted by atomic mass is 10.2. The third-order valence-electron chi connectivity index (χ3n) is 2.94. The Morgan fingerprint density at radius 2 is 2.06 bits per heavy atom. The second kappa shape index (κ2) is 5.40. The van der Waals surface area contributed by atoms with Crippen LogP contribution in [0.5, 0.6) is 0 Å². The van der Waals surface area contributed by atoms with Gasteiger partial charge in [-0.05, 0) is 18.1 Å². The molecule has 98 valence electrons. The topological polar surface area (TPSA) is 41.3 Å². The van der Waals surface area contributed by atoms with Gasteiger partial charge in [-0.15, -0.1) is 0 Å². The smallest absolute Gasteiger partial charge is 0.206 e. The zero-order valence-corrected chi connectivity index (χ0v) is 11.3. The number of nitrogens with zero attached hydrogens (tertiary/aromatic N) is 3. The first-order valence-corrected chi connectivity index (χ1v) is 6.40. The van der Waals surface area contributed by atoms with E-state index in [0.29, 0.717) is 12.5 Å². The van der Waals surface area contributed by atoms with Crippen molar-refractivity contribution in [1.82, 2.24) is 9.55 Å². The van der Waals surface area contributed by atoms with Crippen LogP contribution in [0.25, 0.3) is 11.0 Å². The molecule has 2 aromatic rings. The van der Waals surface area contributed by atoms with Gasteiger partial charge in [0.2, 0.25) is 5.95 Å². The fraction of sp³-hybridized carbons (Fsp3) is 0.500. The molecular weight excluding hydrogens is 226 g/mol. The Hall–Kier alpha value is -1.55. The second-order valence-electron chi connectivity index (χ2n) is 5.05. The molecule has 18 heavy (non-hydrogen) atoms. The molecule has 0 amide bonds. The molecule has 1 aromatic carbocycles. The molecule has 0 unspecified atom stereocenters. The summed E-state index contributed by atoms with van der Waals surface area (Å²) in [5, 5.41) is 9.22. The maximum Gasteiger partial charge on any atom is 0.206 e. The summed E-state index contributed by atoms with van der Waals surface area (Å²) in [4.78, 5) is 6.82. The molecule has 1 heterocycles. The molecule has 0 aliphatic rings. The van der Waals surface area contributed by atoms with Gasteiger partial charge in [0.25, 0.3) is 0 Å². The predicted molar refractivity (Wildman–Crippen MR) is 74.9 cm³/mol. The Kier molecular flexibility index (Phi) is 3.87. The maximum absolute atomic E-state index is 9.22. The molecule has 1 aromatic heterocycles. The number of aromatic nitrogens is 2. The van der Waals surface area contributed by atoms with Crippen LogP contribution in [0, 0.1) is 5.92 Å². The second-order valence-corrected chi connectivity index (χ2v) is 5.05. The highest BCUT2D eigenvalue weighted by molar-refractivity contribution is 5.78. The molecule has 2 rings (SSSR count). The van der Waals surface area contributed by atoms with Crippen molar-refractivity contribution >= 4 is 17.0 Å². The lowest BCUT2D eigenvalue weighted by Gasteiger charge is -2.21. The normalized spacial score (nSPS) is 11.4. The first-order chi connectivity index (χ1) is 8.63. The lowest BCUT2D eigenvalue weighted by molar-refractivity contribution is 0.278. The van der Waals surface area contributed by atoms with Gasteiger partial charge >= 0.3 is 0 Å². The molecule has 1 N–H and O–H groups in total. The molecule has 0 saturated heterocycles. The highest BCUT2D eigenvalue weighted by Crippen LogP contribution is 2.22. The highest BCUT2D eigenvalue weighted by Gasteiger charge is 2.14. The summed E-state index contributed by atoms with van der Waals surface area (Å²) < 4.78 is 2.08. The summed E-state index contributed by atoms with van der Waals surface area (Å²) in [5.74, 6) is 1.51. The molecule has 0 saturated carbocycles. The molecule has 0 spiro atoms. The van der Waals surface area contributed by atoms with Crippen molar-refractivity contribution in [3.05, 3.63) is 24.3 Å². The van der Waals surface area contributed by atoms with Crippen LogP contribution in [-0.4, -0.2) is 34.9 Å². The quantitative estimate of drug-likeness (QED) is 0.880. The molecular formula is C14H21N3O. The minimum Gasteiger partial charge on any atom is -0.395 e. The lowest BCUT2D eigenvalue weighted by Crippen LogP contribution is -2.26. The molecule has 0 aliphatic carbocycles. The Balaban J connectivity index is 2.44. The van der Waals surface area contributed by atoms with Gasteiger partial charge in [0.15, 0.2) is 0 Å². The number of benzene rings is 1. The number of hydrogen-bond donors (Lipinski definition) is 1. The van der Waals surface area contributed by atoms with E-state index >= 15 is 0 Å². The number of anilines is 1. The number of rotatable bonds is 5. The van der Waals surface area contributed by atoms with E-state index in [1.807, 2.05) is 24.3 Å². The third kappa shape index (κ3) is 2.48.